The fourth-order valence-corrected chi connectivity index (χ4v) is 4.98. The van der Waals surface area contributed by atoms with Gasteiger partial charge in [-0.1, -0.05) is 29.8 Å². The number of methoxy groups -OCH3 is 2. The molecular formula is C22H24Cl2N6O4. The average Bonchev–Trinajstić information content (AvgIpc) is 2.84. The Bertz CT molecular complexity index is 1120. The van der Waals surface area contributed by atoms with E-state index in [0.717, 1.165) is 0 Å². The van der Waals surface area contributed by atoms with Gasteiger partial charge in [0.2, 0.25) is 11.9 Å². The standard InChI is InChI=1S/C22H24Cl2N6O4/c1-4-16(31)28-7-5-13(6-8-28)30-20-12(10-26-21(25)27-20)11-29(22(30)32)19-17(23)14(33-2)9-15(34-3)18(19)24/h4,9-10,13H,1,5-8,11H2,2-3H3,(H2,25,26,27). The summed E-state index contributed by atoms with van der Waals surface area (Å²) in [5.41, 5.74) is 6.79. The van der Waals surface area contributed by atoms with Crippen LogP contribution in [0.25, 0.3) is 0 Å². The van der Waals surface area contributed by atoms with Crippen molar-refractivity contribution in [2.45, 2.75) is 25.4 Å². The monoisotopic (exact) mass is 506 g/mol. The van der Waals surface area contributed by atoms with E-state index in [2.05, 4.69) is 16.5 Å². The van der Waals surface area contributed by atoms with Crippen molar-refractivity contribution in [3.8, 4) is 11.5 Å². The molecule has 12 heteroatoms. The van der Waals surface area contributed by atoms with E-state index in [1.807, 2.05) is 0 Å². The minimum absolute atomic E-state index is 0.0587. The van der Waals surface area contributed by atoms with Crippen LogP contribution >= 0.6 is 23.2 Å². The first-order chi connectivity index (χ1) is 16.3. The lowest BCUT2D eigenvalue weighted by Crippen LogP contribution is -2.55. The highest BCUT2D eigenvalue weighted by atomic mass is 35.5. The van der Waals surface area contributed by atoms with Crippen LogP contribution in [-0.4, -0.2) is 60.2 Å². The number of nitrogens with two attached hydrogens (primary N) is 1. The molecule has 2 N–H and O–H groups in total. The molecule has 10 nitrogen and oxygen atoms in total. The smallest absolute Gasteiger partial charge is 0.330 e. The van der Waals surface area contributed by atoms with Gasteiger partial charge in [0.15, 0.2) is 0 Å². The van der Waals surface area contributed by atoms with Crippen LogP contribution in [0.5, 0.6) is 11.5 Å². The van der Waals surface area contributed by atoms with Gasteiger partial charge in [0.05, 0.1) is 26.5 Å². The first kappa shape index (κ1) is 23.9. The third-order valence-electron chi connectivity index (χ3n) is 5.99. The predicted octanol–water partition coefficient (Wildman–Crippen LogP) is 3.51. The number of likely N-dealkylation sites (tertiary alicyclic amines) is 1. The molecule has 0 spiro atoms. The molecule has 3 amide bonds. The number of anilines is 3. The van der Waals surface area contributed by atoms with E-state index in [-0.39, 0.29) is 46.2 Å². The van der Waals surface area contributed by atoms with Crippen molar-refractivity contribution in [2.24, 2.45) is 0 Å². The highest BCUT2D eigenvalue weighted by molar-refractivity contribution is 6.42. The van der Waals surface area contributed by atoms with Crippen LogP contribution in [-0.2, 0) is 11.3 Å². The third-order valence-corrected chi connectivity index (χ3v) is 6.72. The van der Waals surface area contributed by atoms with Crippen molar-refractivity contribution in [1.82, 2.24) is 14.9 Å². The minimum atomic E-state index is -0.377. The van der Waals surface area contributed by atoms with Crippen molar-refractivity contribution >= 4 is 52.6 Å². The number of aromatic nitrogens is 2. The van der Waals surface area contributed by atoms with Crippen LogP contribution < -0.4 is 25.0 Å². The van der Waals surface area contributed by atoms with Crippen molar-refractivity contribution < 1.29 is 19.1 Å². The van der Waals surface area contributed by atoms with Gasteiger partial charge in [-0.25, -0.2) is 9.78 Å². The van der Waals surface area contributed by atoms with E-state index in [4.69, 9.17) is 38.4 Å². The molecule has 180 valence electrons. The largest absolute Gasteiger partial charge is 0.495 e. The number of benzene rings is 1. The number of fused-ring (bicyclic) bond motifs is 1. The lowest BCUT2D eigenvalue weighted by atomic mass is 10.0. The summed E-state index contributed by atoms with van der Waals surface area (Å²) in [6.07, 6.45) is 3.97. The Kier molecular flexibility index (Phi) is 6.72. The van der Waals surface area contributed by atoms with Crippen LogP contribution in [0.4, 0.5) is 22.2 Å². The average molecular weight is 507 g/mol. The molecule has 3 heterocycles. The van der Waals surface area contributed by atoms with Gasteiger partial charge in [0.25, 0.3) is 0 Å². The maximum atomic E-state index is 13.9. The Hall–Kier alpha value is -3.24. The van der Waals surface area contributed by atoms with Crippen molar-refractivity contribution in [1.29, 1.82) is 0 Å². The van der Waals surface area contributed by atoms with E-state index in [1.54, 1.807) is 22.1 Å². The predicted molar refractivity (Wildman–Crippen MR) is 130 cm³/mol. The number of carbonyl (C=O) groups is 2. The molecule has 0 radical (unpaired) electrons. The number of nitrogens with zero attached hydrogens (tertiary/aromatic N) is 5. The normalized spacial score (nSPS) is 16.4. The molecule has 0 atom stereocenters. The number of rotatable bonds is 5. The Labute approximate surface area is 206 Å². The fourth-order valence-electron chi connectivity index (χ4n) is 4.28. The first-order valence-electron chi connectivity index (χ1n) is 10.5. The molecule has 2 aromatic rings. The van der Waals surface area contributed by atoms with Gasteiger partial charge in [0.1, 0.15) is 27.4 Å². The van der Waals surface area contributed by atoms with Crippen molar-refractivity contribution in [2.75, 3.05) is 42.8 Å². The van der Waals surface area contributed by atoms with E-state index in [9.17, 15) is 9.59 Å². The Morgan fingerprint density at radius 3 is 2.38 bits per heavy atom. The number of amides is 3. The van der Waals surface area contributed by atoms with Crippen LogP contribution in [0.1, 0.15) is 18.4 Å². The van der Waals surface area contributed by atoms with Crippen LogP contribution in [0, 0.1) is 0 Å². The highest BCUT2D eigenvalue weighted by Crippen LogP contribution is 2.48. The molecule has 0 bridgehead atoms. The summed E-state index contributed by atoms with van der Waals surface area (Å²) in [4.78, 5) is 39.2. The molecule has 2 aliphatic rings. The zero-order valence-electron chi connectivity index (χ0n) is 18.8. The molecule has 1 aromatic heterocycles. The quantitative estimate of drug-likeness (QED) is 0.616. The maximum absolute atomic E-state index is 13.9. The van der Waals surface area contributed by atoms with Crippen LogP contribution in [0.2, 0.25) is 10.0 Å². The zero-order valence-corrected chi connectivity index (χ0v) is 20.3. The number of piperidine rings is 1. The molecule has 4 rings (SSSR count). The molecular weight excluding hydrogens is 483 g/mol. The van der Waals surface area contributed by atoms with Crippen LogP contribution in [0.3, 0.4) is 0 Å². The number of urea groups is 1. The molecule has 2 aliphatic heterocycles. The second kappa shape index (κ2) is 9.55. The summed E-state index contributed by atoms with van der Waals surface area (Å²) in [5, 5.41) is 0.348. The topological polar surface area (TPSA) is 114 Å². The lowest BCUT2D eigenvalue weighted by Gasteiger charge is -2.43. The number of halogens is 2. The molecule has 0 saturated carbocycles. The van der Waals surface area contributed by atoms with E-state index in [1.165, 1.54) is 25.2 Å². The van der Waals surface area contributed by atoms with Gasteiger partial charge in [-0.05, 0) is 18.9 Å². The number of hydrogen-bond acceptors (Lipinski definition) is 7. The maximum Gasteiger partial charge on any atom is 0.330 e. The minimum Gasteiger partial charge on any atom is -0.495 e. The van der Waals surface area contributed by atoms with E-state index in [0.29, 0.717) is 48.8 Å². The second-order valence-electron chi connectivity index (χ2n) is 7.83. The summed E-state index contributed by atoms with van der Waals surface area (Å²) >= 11 is 13.2. The molecule has 1 aromatic carbocycles. The van der Waals surface area contributed by atoms with Crippen molar-refractivity contribution in [3.63, 3.8) is 0 Å². The zero-order chi connectivity index (χ0) is 24.6. The van der Waals surface area contributed by atoms with Gasteiger partial charge in [-0.15, -0.1) is 0 Å². The number of hydrogen-bond donors (Lipinski definition) is 1. The second-order valence-corrected chi connectivity index (χ2v) is 8.59. The highest BCUT2D eigenvalue weighted by Gasteiger charge is 2.41. The number of carbonyl (C=O) groups excluding carboxylic acids is 2. The molecule has 1 saturated heterocycles. The van der Waals surface area contributed by atoms with Gasteiger partial charge >= 0.3 is 6.03 Å². The lowest BCUT2D eigenvalue weighted by molar-refractivity contribution is -0.126. The van der Waals surface area contributed by atoms with E-state index < -0.39 is 0 Å². The summed E-state index contributed by atoms with van der Waals surface area (Å²) < 4.78 is 10.7. The van der Waals surface area contributed by atoms with Gasteiger partial charge < -0.3 is 20.1 Å². The van der Waals surface area contributed by atoms with E-state index >= 15 is 0 Å². The number of ether oxygens (including phenoxy) is 2. The summed E-state index contributed by atoms with van der Waals surface area (Å²) in [5.74, 6) is 0.979. The van der Waals surface area contributed by atoms with Crippen molar-refractivity contribution in [3.05, 3.63) is 40.5 Å². The Morgan fingerprint density at radius 2 is 1.82 bits per heavy atom. The Morgan fingerprint density at radius 1 is 1.21 bits per heavy atom. The third kappa shape index (κ3) is 4.07. The van der Waals surface area contributed by atoms with Gasteiger partial charge in [0, 0.05) is 37.0 Å². The van der Waals surface area contributed by atoms with Crippen LogP contribution in [0.15, 0.2) is 24.9 Å². The summed E-state index contributed by atoms with van der Waals surface area (Å²) in [7, 11) is 2.93. The molecule has 0 aliphatic carbocycles. The molecule has 1 fully saturated rings. The van der Waals surface area contributed by atoms with Gasteiger partial charge in [-0.3, -0.25) is 14.6 Å². The molecule has 34 heavy (non-hydrogen) atoms. The summed E-state index contributed by atoms with van der Waals surface area (Å²) in [6.45, 7) is 4.62. The summed E-state index contributed by atoms with van der Waals surface area (Å²) in [6, 6.07) is 0.949. The molecule has 0 unspecified atom stereocenters. The Balaban J connectivity index is 1.78. The first-order valence-corrected chi connectivity index (χ1v) is 11.3. The number of nitrogen functional groups attached to an aromatic ring is 1. The fraction of sp³-hybridized carbons (Fsp3) is 0.364. The van der Waals surface area contributed by atoms with Gasteiger partial charge in [-0.2, -0.15) is 4.98 Å². The SMILES string of the molecule is C=CC(=O)N1CCC(N2C(=O)N(c3c(Cl)c(OC)cc(OC)c3Cl)Cc3cnc(N)nc32)CC1.